The van der Waals surface area contributed by atoms with Crippen LogP contribution in [0.25, 0.3) is 0 Å². The van der Waals surface area contributed by atoms with E-state index < -0.39 is 0 Å². The number of hydrogen-bond acceptors (Lipinski definition) is 5. The summed E-state index contributed by atoms with van der Waals surface area (Å²) in [6.07, 6.45) is 5.03. The number of H-pyrrole nitrogens is 1. The zero-order chi connectivity index (χ0) is 13.5. The fourth-order valence-electron chi connectivity index (χ4n) is 2.15. The van der Waals surface area contributed by atoms with E-state index in [1.54, 1.807) is 0 Å². The summed E-state index contributed by atoms with van der Waals surface area (Å²) < 4.78 is 6.20. The van der Waals surface area contributed by atoms with Gasteiger partial charge in [0.15, 0.2) is 0 Å². The standard InChI is InChI=1S/C13H21N3O2S/c17-7-3-1-2-6-14-11-9-12(19)16-13(15-11)10-5-4-8-18-10/h9-10,17H,1-8H2,(H2,14,15,16,19). The maximum Gasteiger partial charge on any atom is 0.138 e. The van der Waals surface area contributed by atoms with Crippen molar-refractivity contribution < 1.29 is 9.84 Å². The maximum atomic E-state index is 8.71. The number of aliphatic hydroxyl groups excluding tert-OH is 1. The molecule has 3 N–H and O–H groups in total. The van der Waals surface area contributed by atoms with Crippen molar-refractivity contribution in [3.8, 4) is 0 Å². The molecule has 1 atom stereocenters. The van der Waals surface area contributed by atoms with E-state index in [0.29, 0.717) is 4.64 Å². The first-order valence-corrected chi connectivity index (χ1v) is 7.28. The zero-order valence-electron chi connectivity index (χ0n) is 11.0. The largest absolute Gasteiger partial charge is 0.396 e. The first-order valence-electron chi connectivity index (χ1n) is 6.87. The Morgan fingerprint density at radius 3 is 3.11 bits per heavy atom. The lowest BCUT2D eigenvalue weighted by atomic mass is 10.2. The molecule has 1 unspecified atom stereocenters. The topological polar surface area (TPSA) is 70.2 Å². The normalized spacial score (nSPS) is 18.7. The zero-order valence-corrected chi connectivity index (χ0v) is 11.8. The van der Waals surface area contributed by atoms with Crippen LogP contribution in [0.5, 0.6) is 0 Å². The Morgan fingerprint density at radius 2 is 2.37 bits per heavy atom. The number of nitrogens with one attached hydrogen (secondary N) is 2. The van der Waals surface area contributed by atoms with Gasteiger partial charge in [-0.15, -0.1) is 0 Å². The maximum absolute atomic E-state index is 8.71. The van der Waals surface area contributed by atoms with Crippen molar-refractivity contribution in [1.82, 2.24) is 9.97 Å². The average Bonchev–Trinajstić information content (AvgIpc) is 2.92. The fraction of sp³-hybridized carbons (Fsp3) is 0.692. The number of nitrogens with zero attached hydrogens (tertiary/aromatic N) is 1. The first kappa shape index (κ1) is 14.4. The van der Waals surface area contributed by atoms with Crippen molar-refractivity contribution >= 4 is 18.0 Å². The van der Waals surface area contributed by atoms with Crippen LogP contribution in [0.1, 0.15) is 44.0 Å². The summed E-state index contributed by atoms with van der Waals surface area (Å²) >= 11 is 5.18. The van der Waals surface area contributed by atoms with Gasteiger partial charge >= 0.3 is 0 Å². The SMILES string of the molecule is OCCCCCNc1cc(=S)nc(C2CCCO2)[nH]1. The number of unbranched alkanes of at least 4 members (excludes halogenated alkanes) is 2. The number of rotatable bonds is 7. The number of anilines is 1. The Kier molecular flexibility index (Phi) is 5.75. The van der Waals surface area contributed by atoms with Gasteiger partial charge in [0.2, 0.25) is 0 Å². The predicted molar refractivity (Wildman–Crippen MR) is 76.8 cm³/mol. The Labute approximate surface area is 118 Å². The number of aromatic amines is 1. The molecule has 0 radical (unpaired) electrons. The minimum Gasteiger partial charge on any atom is -0.396 e. The number of hydrogen-bond donors (Lipinski definition) is 3. The smallest absolute Gasteiger partial charge is 0.138 e. The molecule has 5 nitrogen and oxygen atoms in total. The molecule has 1 aromatic heterocycles. The van der Waals surface area contributed by atoms with Crippen LogP contribution < -0.4 is 5.32 Å². The lowest BCUT2D eigenvalue weighted by Gasteiger charge is -2.12. The lowest BCUT2D eigenvalue weighted by Crippen LogP contribution is -2.08. The van der Waals surface area contributed by atoms with Crippen LogP contribution in [-0.2, 0) is 4.74 Å². The Balaban J connectivity index is 1.91. The minimum absolute atomic E-state index is 0.0536. The van der Waals surface area contributed by atoms with Crippen LogP contribution >= 0.6 is 12.2 Å². The molecular weight excluding hydrogens is 262 g/mol. The second kappa shape index (κ2) is 7.57. The third-order valence-corrected chi connectivity index (χ3v) is 3.36. The van der Waals surface area contributed by atoms with E-state index in [1.165, 1.54) is 0 Å². The van der Waals surface area contributed by atoms with E-state index in [0.717, 1.165) is 56.9 Å². The number of aromatic nitrogens is 2. The van der Waals surface area contributed by atoms with Crippen LogP contribution in [0.4, 0.5) is 5.82 Å². The summed E-state index contributed by atoms with van der Waals surface area (Å²) in [5.41, 5.74) is 0. The fourth-order valence-corrected chi connectivity index (χ4v) is 2.37. The van der Waals surface area contributed by atoms with Crippen molar-refractivity contribution in [3.63, 3.8) is 0 Å². The number of ether oxygens (including phenoxy) is 1. The molecular formula is C13H21N3O2S. The second-order valence-corrected chi connectivity index (χ2v) is 5.15. The van der Waals surface area contributed by atoms with Crippen LogP contribution in [-0.4, -0.2) is 34.8 Å². The molecule has 0 aromatic carbocycles. The van der Waals surface area contributed by atoms with E-state index in [2.05, 4.69) is 15.3 Å². The molecule has 1 aromatic rings. The Morgan fingerprint density at radius 1 is 1.47 bits per heavy atom. The van der Waals surface area contributed by atoms with E-state index in [-0.39, 0.29) is 12.7 Å². The summed E-state index contributed by atoms with van der Waals surface area (Å²) in [5.74, 6) is 1.72. The summed E-state index contributed by atoms with van der Waals surface area (Å²) in [5, 5.41) is 12.0. The van der Waals surface area contributed by atoms with Gasteiger partial charge in [0.25, 0.3) is 0 Å². The molecule has 1 aliphatic rings. The molecule has 1 saturated heterocycles. The van der Waals surface area contributed by atoms with Crippen LogP contribution in [0, 0.1) is 4.64 Å². The molecule has 1 fully saturated rings. The van der Waals surface area contributed by atoms with E-state index in [1.807, 2.05) is 6.07 Å². The van der Waals surface area contributed by atoms with Gasteiger partial charge in [0, 0.05) is 25.8 Å². The van der Waals surface area contributed by atoms with Crippen molar-refractivity contribution in [3.05, 3.63) is 16.5 Å². The molecule has 0 saturated carbocycles. The summed E-state index contributed by atoms with van der Waals surface area (Å²) in [6.45, 7) is 1.92. The highest BCUT2D eigenvalue weighted by Gasteiger charge is 2.19. The predicted octanol–water partition coefficient (Wildman–Crippen LogP) is 2.57. The average molecular weight is 283 g/mol. The van der Waals surface area contributed by atoms with Gasteiger partial charge < -0.3 is 20.1 Å². The number of aliphatic hydroxyl groups is 1. The highest BCUT2D eigenvalue weighted by Crippen LogP contribution is 2.26. The van der Waals surface area contributed by atoms with E-state index in [9.17, 15) is 0 Å². The molecule has 0 bridgehead atoms. The Bertz CT molecular complexity index is 444. The van der Waals surface area contributed by atoms with Crippen molar-refractivity contribution in [1.29, 1.82) is 0 Å². The highest BCUT2D eigenvalue weighted by atomic mass is 32.1. The van der Waals surface area contributed by atoms with E-state index in [4.69, 9.17) is 22.1 Å². The van der Waals surface area contributed by atoms with Gasteiger partial charge in [-0.2, -0.15) is 0 Å². The van der Waals surface area contributed by atoms with Crippen molar-refractivity contribution in [2.24, 2.45) is 0 Å². The minimum atomic E-state index is 0.0536. The summed E-state index contributed by atoms with van der Waals surface area (Å²) in [6, 6.07) is 1.83. The lowest BCUT2D eigenvalue weighted by molar-refractivity contribution is 0.105. The monoisotopic (exact) mass is 283 g/mol. The first-order chi connectivity index (χ1) is 9.29. The molecule has 2 heterocycles. The molecule has 0 spiro atoms. The van der Waals surface area contributed by atoms with Gasteiger partial charge in [0.05, 0.1) is 0 Å². The van der Waals surface area contributed by atoms with Crippen LogP contribution in [0.15, 0.2) is 6.07 Å². The summed E-state index contributed by atoms with van der Waals surface area (Å²) in [7, 11) is 0. The third kappa shape index (κ3) is 4.56. The van der Waals surface area contributed by atoms with Gasteiger partial charge in [-0.05, 0) is 32.1 Å². The van der Waals surface area contributed by atoms with Gasteiger partial charge in [-0.25, -0.2) is 4.98 Å². The molecule has 0 aliphatic carbocycles. The van der Waals surface area contributed by atoms with Gasteiger partial charge in [-0.3, -0.25) is 0 Å². The Hall–Kier alpha value is -0.980. The molecule has 2 rings (SSSR count). The van der Waals surface area contributed by atoms with Gasteiger partial charge in [-0.1, -0.05) is 12.2 Å². The van der Waals surface area contributed by atoms with E-state index >= 15 is 0 Å². The summed E-state index contributed by atoms with van der Waals surface area (Å²) in [4.78, 5) is 7.59. The van der Waals surface area contributed by atoms with Gasteiger partial charge in [0.1, 0.15) is 22.4 Å². The van der Waals surface area contributed by atoms with Crippen molar-refractivity contribution in [2.45, 2.75) is 38.2 Å². The molecule has 106 valence electrons. The molecule has 0 amide bonds. The molecule has 1 aliphatic heterocycles. The molecule has 6 heteroatoms. The molecule has 19 heavy (non-hydrogen) atoms. The third-order valence-electron chi connectivity index (χ3n) is 3.15. The quantitative estimate of drug-likeness (QED) is 0.530. The van der Waals surface area contributed by atoms with Crippen LogP contribution in [0.3, 0.4) is 0 Å². The second-order valence-electron chi connectivity index (χ2n) is 4.73. The van der Waals surface area contributed by atoms with Crippen molar-refractivity contribution in [2.75, 3.05) is 25.1 Å². The van der Waals surface area contributed by atoms with Crippen LogP contribution in [0.2, 0.25) is 0 Å². The highest BCUT2D eigenvalue weighted by molar-refractivity contribution is 7.71.